The van der Waals surface area contributed by atoms with Gasteiger partial charge in [-0.2, -0.15) is 0 Å². The Kier molecular flexibility index (Phi) is 10.6. The molecule has 0 radical (unpaired) electrons. The fraction of sp³-hybridized carbons (Fsp3) is 0.750. The van der Waals surface area contributed by atoms with E-state index in [0.29, 0.717) is 0 Å². The van der Waals surface area contributed by atoms with Gasteiger partial charge in [0.25, 0.3) is 0 Å². The first-order chi connectivity index (χ1) is 4.16. The van der Waals surface area contributed by atoms with Crippen LogP contribution in [0.2, 0.25) is 0 Å². The average Bonchev–Trinajstić information content (AvgIpc) is 1.83. The number of aliphatic hydroxyl groups excluding tert-OH is 1. The molecule has 6 heteroatoms. The molecule has 0 aromatic carbocycles. The van der Waals surface area contributed by atoms with Crippen molar-refractivity contribution in [3.8, 4) is 0 Å². The van der Waals surface area contributed by atoms with Gasteiger partial charge in [-0.15, -0.1) is 0 Å². The van der Waals surface area contributed by atoms with Gasteiger partial charge in [-0.25, -0.2) is 0 Å². The van der Waals surface area contributed by atoms with Crippen LogP contribution >= 0.6 is 7.80 Å². The van der Waals surface area contributed by atoms with Crippen LogP contribution in [0, 0.1) is 0 Å². The molecule has 10 heavy (non-hydrogen) atoms. The largest absolute Gasteiger partial charge is 2.00 e. The molecule has 2 N–H and O–H groups in total. The predicted molar refractivity (Wildman–Crippen MR) is 39.8 cm³/mol. The monoisotopic (exact) mass is 193 g/mol. The molecule has 1 unspecified atom stereocenters. The van der Waals surface area contributed by atoms with Gasteiger partial charge in [0.1, 0.15) is 0 Å². The second-order valence-corrected chi connectivity index (χ2v) is 3.18. The van der Waals surface area contributed by atoms with Gasteiger partial charge in [0.05, 0.1) is 6.42 Å². The van der Waals surface area contributed by atoms with Crippen LogP contribution in [0.5, 0.6) is 0 Å². The van der Waals surface area contributed by atoms with E-state index in [4.69, 9.17) is 10.2 Å². The van der Waals surface area contributed by atoms with E-state index in [0.717, 1.165) is 0 Å². The molecule has 4 nitrogen and oxygen atoms in total. The van der Waals surface area contributed by atoms with Gasteiger partial charge in [-0.05, 0) is 0 Å². The van der Waals surface area contributed by atoms with Crippen LogP contribution in [0.4, 0.5) is 0 Å². The van der Waals surface area contributed by atoms with Crippen LogP contribution in [0.3, 0.4) is 0 Å². The van der Waals surface area contributed by atoms with Crippen molar-refractivity contribution in [2.24, 2.45) is 0 Å². The van der Waals surface area contributed by atoms with Crippen molar-refractivity contribution in [3.63, 3.8) is 0 Å². The smallest absolute Gasteiger partial charge is 1.00 e. The van der Waals surface area contributed by atoms with E-state index in [1.165, 1.54) is 0 Å². The molecule has 0 aliphatic carbocycles. The minimum atomic E-state index is -1.69. The first kappa shape index (κ1) is 13.4. The minimum Gasteiger partial charge on any atom is -1.00 e. The molecule has 0 aliphatic heterocycles. The first-order valence-electron chi connectivity index (χ1n) is 2.41. The van der Waals surface area contributed by atoms with Gasteiger partial charge in [-0.3, -0.25) is 4.79 Å². The number of carbonyl (C=O) groups is 1. The van der Waals surface area contributed by atoms with E-state index in [9.17, 15) is 9.36 Å². The Bertz CT molecular complexity index is 134. The fourth-order valence-electron chi connectivity index (χ4n) is 0.291. The molecule has 0 saturated carbocycles. The van der Waals surface area contributed by atoms with Crippen molar-refractivity contribution in [1.82, 2.24) is 0 Å². The Morgan fingerprint density at radius 3 is 2.40 bits per heavy atom. The molecular formula is C4H10CaO4P+. The van der Waals surface area contributed by atoms with Gasteiger partial charge in [0.2, 0.25) is 6.35 Å². The molecular weight excluding hydrogens is 183 g/mol. The third-order valence-electron chi connectivity index (χ3n) is 0.733. The van der Waals surface area contributed by atoms with Crippen LogP contribution in [0.15, 0.2) is 0 Å². The van der Waals surface area contributed by atoms with Crippen molar-refractivity contribution in [2.45, 2.75) is 6.42 Å². The summed E-state index contributed by atoms with van der Waals surface area (Å²) in [6, 6.07) is 0. The molecule has 0 saturated heterocycles. The van der Waals surface area contributed by atoms with Gasteiger partial charge < -0.3 is 13.1 Å². The SMILES string of the molecule is O=C(O)CC[P+](=O)CO.[Ca+2].[H-].[H-]. The second-order valence-electron chi connectivity index (χ2n) is 1.49. The summed E-state index contributed by atoms with van der Waals surface area (Å²) in [5.41, 5.74) is 0. The van der Waals surface area contributed by atoms with E-state index in [1.54, 1.807) is 0 Å². The van der Waals surface area contributed by atoms with Crippen molar-refractivity contribution in [3.05, 3.63) is 0 Å². The van der Waals surface area contributed by atoms with Gasteiger partial charge in [0.15, 0.2) is 6.16 Å². The standard InChI is InChI=1S/C4H7O4P.Ca.2H/c5-3-9(8)2-1-4(6)7;;;/h5H,1-3H2;;;/q;+2;2*-1/p+1. The Labute approximate surface area is 92.4 Å². The van der Waals surface area contributed by atoms with E-state index in [2.05, 4.69) is 0 Å². The maximum absolute atomic E-state index is 10.4. The normalized spacial score (nSPS) is 9.90. The van der Waals surface area contributed by atoms with Gasteiger partial charge in [-0.1, -0.05) is 4.57 Å². The van der Waals surface area contributed by atoms with Crippen molar-refractivity contribution in [2.75, 3.05) is 12.5 Å². The fourth-order valence-corrected chi connectivity index (χ4v) is 0.873. The van der Waals surface area contributed by atoms with E-state index in [-0.39, 0.29) is 53.2 Å². The number of hydrogen-bond acceptors (Lipinski definition) is 3. The summed E-state index contributed by atoms with van der Waals surface area (Å²) in [4.78, 5) is 9.81. The average molecular weight is 193 g/mol. The molecule has 0 amide bonds. The quantitative estimate of drug-likeness (QED) is 0.490. The second kappa shape index (κ2) is 7.89. The van der Waals surface area contributed by atoms with Gasteiger partial charge >= 0.3 is 51.5 Å². The topological polar surface area (TPSA) is 74.6 Å². The number of aliphatic hydroxyl groups is 1. The Hall–Kier alpha value is 0.790. The van der Waals surface area contributed by atoms with Crippen molar-refractivity contribution in [1.29, 1.82) is 0 Å². The Balaban J connectivity index is -0.000000107. The number of rotatable bonds is 4. The van der Waals surface area contributed by atoms with Crippen molar-refractivity contribution < 1.29 is 22.4 Å². The third-order valence-corrected chi connectivity index (χ3v) is 1.77. The number of aliphatic carboxylic acids is 1. The number of carboxylic acids is 1. The molecule has 0 fully saturated rings. The Morgan fingerprint density at radius 1 is 1.60 bits per heavy atom. The van der Waals surface area contributed by atoms with Crippen LogP contribution in [0.1, 0.15) is 9.27 Å². The summed E-state index contributed by atoms with van der Waals surface area (Å²) in [7, 11) is -1.69. The molecule has 0 heterocycles. The first-order valence-corrected chi connectivity index (χ1v) is 4.04. The van der Waals surface area contributed by atoms with Crippen LogP contribution in [-0.4, -0.2) is 66.4 Å². The summed E-state index contributed by atoms with van der Waals surface area (Å²) in [6.07, 6.45) is -0.473. The zero-order valence-electron chi connectivity index (χ0n) is 7.49. The molecule has 0 spiro atoms. The number of hydrogen-bond donors (Lipinski definition) is 2. The van der Waals surface area contributed by atoms with Crippen LogP contribution < -0.4 is 0 Å². The molecule has 0 aliphatic rings. The van der Waals surface area contributed by atoms with Crippen molar-refractivity contribution >= 4 is 51.5 Å². The molecule has 0 aromatic heterocycles. The minimum absolute atomic E-state index is 0. The summed E-state index contributed by atoms with van der Waals surface area (Å²) >= 11 is 0. The summed E-state index contributed by atoms with van der Waals surface area (Å²) < 4.78 is 10.4. The third kappa shape index (κ3) is 8.79. The molecule has 0 bridgehead atoms. The maximum Gasteiger partial charge on any atom is 2.00 e. The Morgan fingerprint density at radius 2 is 2.10 bits per heavy atom. The summed E-state index contributed by atoms with van der Waals surface area (Å²) in [5, 5.41) is 16.2. The molecule has 0 rings (SSSR count). The maximum atomic E-state index is 10.4. The van der Waals surface area contributed by atoms with E-state index < -0.39 is 20.1 Å². The molecule has 0 aromatic rings. The summed E-state index contributed by atoms with van der Waals surface area (Å²) in [6.45, 7) is 0. The van der Waals surface area contributed by atoms with Gasteiger partial charge in [0, 0.05) is 0 Å². The zero-order chi connectivity index (χ0) is 7.28. The molecule has 56 valence electrons. The van der Waals surface area contributed by atoms with E-state index >= 15 is 0 Å². The number of carboxylic acid groups (broad SMARTS) is 1. The van der Waals surface area contributed by atoms with Crippen LogP contribution in [-0.2, 0) is 9.36 Å². The summed E-state index contributed by atoms with van der Waals surface area (Å²) in [5.74, 6) is -0.980. The molecule has 1 atom stereocenters. The predicted octanol–water partition coefficient (Wildman–Crippen LogP) is 0.0825. The van der Waals surface area contributed by atoms with E-state index in [1.807, 2.05) is 0 Å². The van der Waals surface area contributed by atoms with Crippen LogP contribution in [0.25, 0.3) is 0 Å². The zero-order valence-corrected chi connectivity index (χ0v) is 8.59.